The second-order valence-corrected chi connectivity index (χ2v) is 5.18. The molecule has 0 aromatic carbocycles. The molecule has 0 spiro atoms. The van der Waals surface area contributed by atoms with Crippen LogP contribution in [0.5, 0.6) is 0 Å². The van der Waals surface area contributed by atoms with Gasteiger partial charge in [-0.1, -0.05) is 13.3 Å². The van der Waals surface area contributed by atoms with Crippen molar-refractivity contribution in [2.75, 3.05) is 26.2 Å². The fraction of sp³-hybridized carbons (Fsp3) is 1.00. The second-order valence-electron chi connectivity index (χ2n) is 5.18. The van der Waals surface area contributed by atoms with E-state index in [-0.39, 0.29) is 0 Å². The summed E-state index contributed by atoms with van der Waals surface area (Å²) in [5, 5.41) is 0. The molecule has 3 heterocycles. The van der Waals surface area contributed by atoms with Gasteiger partial charge in [0.15, 0.2) is 0 Å². The predicted molar refractivity (Wildman–Crippen MR) is 56.6 cm³/mol. The molecule has 0 amide bonds. The molecule has 1 heteroatoms. The number of hydrogen-bond donors (Lipinski definition) is 0. The maximum absolute atomic E-state index is 2.31. The van der Waals surface area contributed by atoms with E-state index in [1.165, 1.54) is 69.2 Å². The van der Waals surface area contributed by atoms with Crippen LogP contribution in [-0.2, 0) is 0 Å². The number of piperidine rings is 3. The lowest BCUT2D eigenvalue weighted by atomic mass is 9.85. The van der Waals surface area contributed by atoms with Crippen molar-refractivity contribution < 1.29 is 4.48 Å². The van der Waals surface area contributed by atoms with Gasteiger partial charge in [0.05, 0.1) is 26.2 Å². The Bertz CT molecular complexity index is 143. The van der Waals surface area contributed by atoms with Crippen LogP contribution in [0.4, 0.5) is 0 Å². The molecule has 3 saturated heterocycles. The zero-order chi connectivity index (χ0) is 9.15. The molecule has 76 valence electrons. The SMILES string of the molecule is CCCCC[N+]12CCC(CC1)CC2. The number of hydrogen-bond acceptors (Lipinski definition) is 0. The molecule has 0 aliphatic carbocycles. The minimum absolute atomic E-state index is 1.12. The van der Waals surface area contributed by atoms with E-state index in [4.69, 9.17) is 0 Å². The van der Waals surface area contributed by atoms with E-state index in [0.717, 1.165) is 5.92 Å². The Labute approximate surface area is 82.7 Å². The molecular weight excluding hydrogens is 158 g/mol. The topological polar surface area (TPSA) is 0 Å². The molecule has 0 atom stereocenters. The zero-order valence-corrected chi connectivity index (χ0v) is 9.10. The van der Waals surface area contributed by atoms with Crippen molar-refractivity contribution >= 4 is 0 Å². The Kier molecular flexibility index (Phi) is 2.92. The molecular formula is C12H24N+. The van der Waals surface area contributed by atoms with Gasteiger partial charge in [-0.2, -0.15) is 0 Å². The third-order valence-corrected chi connectivity index (χ3v) is 4.27. The van der Waals surface area contributed by atoms with Crippen LogP contribution in [0.3, 0.4) is 0 Å². The van der Waals surface area contributed by atoms with E-state index >= 15 is 0 Å². The predicted octanol–water partition coefficient (Wildman–Crippen LogP) is 2.81. The molecule has 2 bridgehead atoms. The molecule has 3 aliphatic heterocycles. The normalized spacial score (nSPS) is 38.1. The molecule has 0 unspecified atom stereocenters. The van der Waals surface area contributed by atoms with Crippen LogP contribution in [0.25, 0.3) is 0 Å². The van der Waals surface area contributed by atoms with E-state index in [2.05, 4.69) is 6.92 Å². The smallest absolute Gasteiger partial charge is 0.0789 e. The fourth-order valence-corrected chi connectivity index (χ4v) is 3.17. The van der Waals surface area contributed by atoms with Crippen molar-refractivity contribution in [2.24, 2.45) is 5.92 Å². The number of quaternary nitrogens is 1. The lowest BCUT2D eigenvalue weighted by Gasteiger charge is -2.49. The standard InChI is InChI=1S/C12H24N/c1-2-3-4-8-13-9-5-12(6-10-13)7-11-13/h12H,2-11H2,1H3/q+1. The molecule has 3 fully saturated rings. The van der Waals surface area contributed by atoms with Gasteiger partial charge in [0.1, 0.15) is 0 Å². The van der Waals surface area contributed by atoms with Crippen molar-refractivity contribution in [3.05, 3.63) is 0 Å². The number of rotatable bonds is 4. The Morgan fingerprint density at radius 1 is 1.00 bits per heavy atom. The quantitative estimate of drug-likeness (QED) is 0.463. The lowest BCUT2D eigenvalue weighted by Crippen LogP contribution is -2.58. The first-order chi connectivity index (χ1) is 6.35. The van der Waals surface area contributed by atoms with Gasteiger partial charge >= 0.3 is 0 Å². The molecule has 0 aromatic heterocycles. The maximum atomic E-state index is 2.31. The number of nitrogens with zero attached hydrogens (tertiary/aromatic N) is 1. The van der Waals surface area contributed by atoms with Gasteiger partial charge in [-0.05, 0) is 38.0 Å². The molecule has 1 nitrogen and oxygen atoms in total. The summed E-state index contributed by atoms with van der Waals surface area (Å²) in [7, 11) is 0. The Balaban J connectivity index is 1.81. The van der Waals surface area contributed by atoms with E-state index in [1.807, 2.05) is 0 Å². The largest absolute Gasteiger partial charge is 0.324 e. The van der Waals surface area contributed by atoms with Gasteiger partial charge in [-0.25, -0.2) is 0 Å². The van der Waals surface area contributed by atoms with E-state index in [0.29, 0.717) is 0 Å². The summed E-state index contributed by atoms with van der Waals surface area (Å²) in [6.07, 6.45) is 8.90. The second kappa shape index (κ2) is 4.00. The zero-order valence-electron chi connectivity index (χ0n) is 9.10. The summed E-state index contributed by atoms with van der Waals surface area (Å²) in [5.74, 6) is 1.12. The summed E-state index contributed by atoms with van der Waals surface area (Å²) in [4.78, 5) is 0. The molecule has 3 rings (SSSR count). The maximum Gasteiger partial charge on any atom is 0.0789 e. The van der Waals surface area contributed by atoms with E-state index < -0.39 is 0 Å². The van der Waals surface area contributed by atoms with Crippen LogP contribution >= 0.6 is 0 Å². The number of unbranched alkanes of at least 4 members (excludes halogenated alkanes) is 2. The molecule has 0 aromatic rings. The fourth-order valence-electron chi connectivity index (χ4n) is 3.17. The summed E-state index contributed by atoms with van der Waals surface area (Å²) in [5.41, 5.74) is 0. The van der Waals surface area contributed by atoms with Gasteiger partial charge in [-0.15, -0.1) is 0 Å². The first-order valence-electron chi connectivity index (χ1n) is 6.20. The minimum atomic E-state index is 1.12. The minimum Gasteiger partial charge on any atom is -0.324 e. The summed E-state index contributed by atoms with van der Waals surface area (Å²) >= 11 is 0. The average molecular weight is 182 g/mol. The summed E-state index contributed by atoms with van der Waals surface area (Å²) in [6, 6.07) is 0. The monoisotopic (exact) mass is 182 g/mol. The van der Waals surface area contributed by atoms with Crippen molar-refractivity contribution in [3.63, 3.8) is 0 Å². The first-order valence-corrected chi connectivity index (χ1v) is 6.20. The van der Waals surface area contributed by atoms with Gasteiger partial charge < -0.3 is 4.48 Å². The third kappa shape index (κ3) is 2.07. The van der Waals surface area contributed by atoms with Crippen LogP contribution in [0, 0.1) is 5.92 Å². The number of fused-ring (bicyclic) bond motifs is 3. The van der Waals surface area contributed by atoms with Crippen molar-refractivity contribution in [3.8, 4) is 0 Å². The molecule has 0 saturated carbocycles. The van der Waals surface area contributed by atoms with Crippen LogP contribution in [-0.4, -0.2) is 30.7 Å². The van der Waals surface area contributed by atoms with Crippen LogP contribution in [0.15, 0.2) is 0 Å². The van der Waals surface area contributed by atoms with Crippen LogP contribution in [0.2, 0.25) is 0 Å². The summed E-state index contributed by atoms with van der Waals surface area (Å²) < 4.78 is 1.50. The molecule has 0 radical (unpaired) electrons. The molecule has 13 heavy (non-hydrogen) atoms. The highest BCUT2D eigenvalue weighted by molar-refractivity contribution is 4.71. The van der Waals surface area contributed by atoms with E-state index in [1.54, 1.807) is 0 Å². The highest BCUT2D eigenvalue weighted by Gasteiger charge is 2.38. The van der Waals surface area contributed by atoms with Crippen LogP contribution < -0.4 is 0 Å². The molecule has 3 aliphatic rings. The first kappa shape index (κ1) is 9.51. The third-order valence-electron chi connectivity index (χ3n) is 4.27. The van der Waals surface area contributed by atoms with Gasteiger partial charge in [0.2, 0.25) is 0 Å². The Hall–Kier alpha value is -0.0400. The van der Waals surface area contributed by atoms with Crippen LogP contribution in [0.1, 0.15) is 45.4 Å². The average Bonchev–Trinajstić information content (AvgIpc) is 2.21. The van der Waals surface area contributed by atoms with Crippen molar-refractivity contribution in [2.45, 2.75) is 45.4 Å². The van der Waals surface area contributed by atoms with Crippen molar-refractivity contribution in [1.29, 1.82) is 0 Å². The van der Waals surface area contributed by atoms with Gasteiger partial charge in [0, 0.05) is 0 Å². The van der Waals surface area contributed by atoms with Gasteiger partial charge in [0.25, 0.3) is 0 Å². The Morgan fingerprint density at radius 2 is 1.62 bits per heavy atom. The van der Waals surface area contributed by atoms with E-state index in [9.17, 15) is 0 Å². The highest BCUT2D eigenvalue weighted by atomic mass is 15.4. The lowest BCUT2D eigenvalue weighted by molar-refractivity contribution is -0.942. The molecule has 0 N–H and O–H groups in total. The Morgan fingerprint density at radius 3 is 2.15 bits per heavy atom. The summed E-state index contributed by atoms with van der Waals surface area (Å²) in [6.45, 7) is 8.32. The highest BCUT2D eigenvalue weighted by Crippen LogP contribution is 2.33. The van der Waals surface area contributed by atoms with Crippen molar-refractivity contribution in [1.82, 2.24) is 0 Å². The van der Waals surface area contributed by atoms with Gasteiger partial charge in [-0.3, -0.25) is 0 Å².